The molecule has 0 fully saturated rings. The minimum atomic E-state index is -0.236. The predicted octanol–water partition coefficient (Wildman–Crippen LogP) is 5.90. The van der Waals surface area contributed by atoms with E-state index in [-0.39, 0.29) is 11.8 Å². The first-order valence-corrected chi connectivity index (χ1v) is 10.1. The standard InChI is InChI=1S/C24H28FN3O/c1-2-3-7-15-28(24(29)26-22-12-5-4-6-13-22)19-23-14-9-16-27(23)18-20-10-8-11-21(25)17-20/h4-6,8-14,16-17H,2-3,7,15,18-19H2,1H3,(H,26,29). The Morgan fingerprint density at radius 1 is 1.03 bits per heavy atom. The number of urea groups is 1. The molecule has 152 valence electrons. The second-order valence-corrected chi connectivity index (χ2v) is 7.18. The topological polar surface area (TPSA) is 37.3 Å². The third-order valence-corrected chi connectivity index (χ3v) is 4.86. The third kappa shape index (κ3) is 6.21. The first-order chi connectivity index (χ1) is 14.2. The molecule has 29 heavy (non-hydrogen) atoms. The number of hydrogen-bond donors (Lipinski definition) is 1. The Kier molecular flexibility index (Phi) is 7.45. The maximum absolute atomic E-state index is 13.5. The number of hydrogen-bond acceptors (Lipinski definition) is 1. The van der Waals surface area contributed by atoms with Gasteiger partial charge in [0.1, 0.15) is 5.82 Å². The number of carbonyl (C=O) groups excluding carboxylic acids is 1. The first-order valence-electron chi connectivity index (χ1n) is 10.1. The van der Waals surface area contributed by atoms with Gasteiger partial charge in [-0.05, 0) is 48.4 Å². The molecule has 3 rings (SSSR count). The largest absolute Gasteiger partial charge is 0.345 e. The molecule has 0 spiro atoms. The van der Waals surface area contributed by atoms with E-state index in [4.69, 9.17) is 0 Å². The molecule has 2 aromatic carbocycles. The fraction of sp³-hybridized carbons (Fsp3) is 0.292. The van der Waals surface area contributed by atoms with Crippen molar-refractivity contribution in [2.75, 3.05) is 11.9 Å². The summed E-state index contributed by atoms with van der Waals surface area (Å²) in [6.45, 7) is 3.92. The van der Waals surface area contributed by atoms with Crippen LogP contribution in [0.5, 0.6) is 0 Å². The highest BCUT2D eigenvalue weighted by Gasteiger charge is 2.16. The summed E-state index contributed by atoms with van der Waals surface area (Å²) in [5, 5.41) is 2.99. The second kappa shape index (κ2) is 10.5. The Morgan fingerprint density at radius 2 is 1.86 bits per heavy atom. The number of rotatable bonds is 9. The normalized spacial score (nSPS) is 10.7. The molecule has 0 aliphatic heterocycles. The van der Waals surface area contributed by atoms with Crippen LogP contribution < -0.4 is 5.32 Å². The molecule has 0 saturated heterocycles. The van der Waals surface area contributed by atoms with Gasteiger partial charge in [0.15, 0.2) is 0 Å². The van der Waals surface area contributed by atoms with E-state index >= 15 is 0 Å². The zero-order valence-electron chi connectivity index (χ0n) is 16.9. The molecule has 0 bridgehead atoms. The van der Waals surface area contributed by atoms with Gasteiger partial charge < -0.3 is 14.8 Å². The lowest BCUT2D eigenvalue weighted by molar-refractivity contribution is 0.206. The highest BCUT2D eigenvalue weighted by Crippen LogP contribution is 2.14. The molecular weight excluding hydrogens is 365 g/mol. The number of aromatic nitrogens is 1. The van der Waals surface area contributed by atoms with Crippen LogP contribution in [-0.4, -0.2) is 22.0 Å². The SMILES string of the molecule is CCCCCN(Cc1cccn1Cc1cccc(F)c1)C(=O)Nc1ccccc1. The van der Waals surface area contributed by atoms with Crippen molar-refractivity contribution in [3.8, 4) is 0 Å². The van der Waals surface area contributed by atoms with E-state index in [0.29, 0.717) is 19.6 Å². The molecule has 4 nitrogen and oxygen atoms in total. The van der Waals surface area contributed by atoms with Gasteiger partial charge in [0.25, 0.3) is 0 Å². The summed E-state index contributed by atoms with van der Waals surface area (Å²) in [5.74, 6) is -0.236. The van der Waals surface area contributed by atoms with Gasteiger partial charge in [-0.25, -0.2) is 9.18 Å². The predicted molar refractivity (Wildman–Crippen MR) is 115 cm³/mol. The van der Waals surface area contributed by atoms with Crippen molar-refractivity contribution in [1.29, 1.82) is 0 Å². The van der Waals surface area contributed by atoms with Gasteiger partial charge in [-0.1, -0.05) is 50.1 Å². The van der Waals surface area contributed by atoms with E-state index in [1.807, 2.05) is 59.6 Å². The average Bonchev–Trinajstić information content (AvgIpc) is 3.14. The van der Waals surface area contributed by atoms with Crippen LogP contribution in [-0.2, 0) is 13.1 Å². The van der Waals surface area contributed by atoms with E-state index in [2.05, 4.69) is 16.8 Å². The number of anilines is 1. The summed E-state index contributed by atoms with van der Waals surface area (Å²) >= 11 is 0. The van der Waals surface area contributed by atoms with Crippen molar-refractivity contribution >= 4 is 11.7 Å². The van der Waals surface area contributed by atoms with Crippen molar-refractivity contribution in [3.63, 3.8) is 0 Å². The van der Waals surface area contributed by atoms with Crippen LogP contribution in [0.25, 0.3) is 0 Å². The fourth-order valence-electron chi connectivity index (χ4n) is 3.30. The number of para-hydroxylation sites is 1. The van der Waals surface area contributed by atoms with Crippen LogP contribution in [0.1, 0.15) is 37.4 Å². The highest BCUT2D eigenvalue weighted by molar-refractivity contribution is 5.89. The van der Waals surface area contributed by atoms with Gasteiger partial charge in [-0.15, -0.1) is 0 Å². The highest BCUT2D eigenvalue weighted by atomic mass is 19.1. The fourth-order valence-corrected chi connectivity index (χ4v) is 3.30. The monoisotopic (exact) mass is 393 g/mol. The van der Waals surface area contributed by atoms with Gasteiger partial charge in [0, 0.05) is 30.7 Å². The minimum absolute atomic E-state index is 0.106. The lowest BCUT2D eigenvalue weighted by Gasteiger charge is -2.24. The molecule has 1 aromatic heterocycles. The Hall–Kier alpha value is -3.08. The van der Waals surface area contributed by atoms with E-state index in [9.17, 15) is 9.18 Å². The van der Waals surface area contributed by atoms with E-state index < -0.39 is 0 Å². The molecule has 0 radical (unpaired) electrons. The van der Waals surface area contributed by atoms with E-state index in [0.717, 1.165) is 36.2 Å². The Bertz CT molecular complexity index is 907. The molecule has 1 N–H and O–H groups in total. The third-order valence-electron chi connectivity index (χ3n) is 4.86. The molecule has 0 saturated carbocycles. The number of nitrogens with one attached hydrogen (secondary N) is 1. The molecule has 2 amide bonds. The minimum Gasteiger partial charge on any atom is -0.345 e. The Balaban J connectivity index is 1.72. The van der Waals surface area contributed by atoms with Crippen LogP contribution in [0.2, 0.25) is 0 Å². The quantitative estimate of drug-likeness (QED) is 0.452. The van der Waals surface area contributed by atoms with Crippen molar-refractivity contribution in [3.05, 3.63) is 90.0 Å². The molecule has 3 aromatic rings. The van der Waals surface area contributed by atoms with Gasteiger partial charge >= 0.3 is 6.03 Å². The lowest BCUT2D eigenvalue weighted by atomic mass is 10.2. The summed E-state index contributed by atoms with van der Waals surface area (Å²) < 4.78 is 15.6. The van der Waals surface area contributed by atoms with Crippen LogP contribution in [0.4, 0.5) is 14.9 Å². The van der Waals surface area contributed by atoms with Crippen molar-refractivity contribution in [1.82, 2.24) is 9.47 Å². The smallest absolute Gasteiger partial charge is 0.322 e. The molecule has 0 unspecified atom stereocenters. The number of nitrogens with zero attached hydrogens (tertiary/aromatic N) is 2. The summed E-state index contributed by atoms with van der Waals surface area (Å²) in [6, 6.07) is 20.0. The summed E-state index contributed by atoms with van der Waals surface area (Å²) in [5.41, 5.74) is 2.70. The van der Waals surface area contributed by atoms with Crippen LogP contribution >= 0.6 is 0 Å². The first kappa shape index (κ1) is 20.6. The molecule has 1 heterocycles. The maximum atomic E-state index is 13.5. The Morgan fingerprint density at radius 3 is 2.62 bits per heavy atom. The van der Waals surface area contributed by atoms with Gasteiger partial charge in [0.2, 0.25) is 0 Å². The Labute approximate surface area is 172 Å². The summed E-state index contributed by atoms with van der Waals surface area (Å²) in [7, 11) is 0. The lowest BCUT2D eigenvalue weighted by Crippen LogP contribution is -2.36. The molecule has 0 atom stereocenters. The summed E-state index contributed by atoms with van der Waals surface area (Å²) in [6.07, 6.45) is 5.12. The number of unbranched alkanes of at least 4 members (excludes halogenated alkanes) is 2. The molecule has 0 aliphatic rings. The zero-order chi connectivity index (χ0) is 20.5. The maximum Gasteiger partial charge on any atom is 0.322 e. The number of halogens is 1. The van der Waals surface area contributed by atoms with E-state index in [1.54, 1.807) is 12.1 Å². The van der Waals surface area contributed by atoms with Gasteiger partial charge in [0.05, 0.1) is 6.54 Å². The number of amides is 2. The number of carbonyl (C=O) groups is 1. The number of benzene rings is 2. The van der Waals surface area contributed by atoms with Crippen molar-refractivity contribution in [2.45, 2.75) is 39.3 Å². The molecule has 5 heteroatoms. The van der Waals surface area contributed by atoms with Crippen molar-refractivity contribution in [2.24, 2.45) is 0 Å². The van der Waals surface area contributed by atoms with Crippen molar-refractivity contribution < 1.29 is 9.18 Å². The van der Waals surface area contributed by atoms with Crippen LogP contribution in [0.3, 0.4) is 0 Å². The molecular formula is C24H28FN3O. The zero-order valence-corrected chi connectivity index (χ0v) is 16.9. The van der Waals surface area contributed by atoms with Crippen LogP contribution in [0, 0.1) is 5.82 Å². The molecule has 0 aliphatic carbocycles. The second-order valence-electron chi connectivity index (χ2n) is 7.18. The summed E-state index contributed by atoms with van der Waals surface area (Å²) in [4.78, 5) is 14.8. The van der Waals surface area contributed by atoms with Crippen LogP contribution in [0.15, 0.2) is 72.9 Å². The van der Waals surface area contributed by atoms with Gasteiger partial charge in [-0.2, -0.15) is 0 Å². The average molecular weight is 394 g/mol. The van der Waals surface area contributed by atoms with Gasteiger partial charge in [-0.3, -0.25) is 0 Å². The van der Waals surface area contributed by atoms with E-state index in [1.165, 1.54) is 6.07 Å².